The molecule has 0 radical (unpaired) electrons. The van der Waals surface area contributed by atoms with Crippen molar-refractivity contribution in [2.24, 2.45) is 0 Å². The number of thiophene rings is 1. The van der Waals surface area contributed by atoms with Crippen molar-refractivity contribution in [1.29, 1.82) is 0 Å². The second-order valence-corrected chi connectivity index (χ2v) is 15.9. The van der Waals surface area contributed by atoms with Crippen molar-refractivity contribution in [3.05, 3.63) is 182 Å². The molecule has 0 spiro atoms. The summed E-state index contributed by atoms with van der Waals surface area (Å²) < 4.78 is 9.27. The summed E-state index contributed by atoms with van der Waals surface area (Å²) in [4.78, 5) is 16.2. The maximum absolute atomic E-state index is 5.44. The summed E-state index contributed by atoms with van der Waals surface area (Å²) in [5.41, 5.74) is 8.56. The van der Waals surface area contributed by atoms with Gasteiger partial charge in [-0.25, -0.2) is 0 Å². The molecule has 0 saturated heterocycles. The second-order valence-electron chi connectivity index (χ2n) is 14.9. The van der Waals surface area contributed by atoms with Gasteiger partial charge in [0.1, 0.15) is 0 Å². The largest absolute Gasteiger partial charge is 0.309 e. The van der Waals surface area contributed by atoms with Crippen LogP contribution < -0.4 is 0 Å². The van der Waals surface area contributed by atoms with E-state index in [0.29, 0.717) is 17.7 Å². The van der Waals surface area contributed by atoms with E-state index in [-0.39, 0.29) is 0 Å². The van der Waals surface area contributed by atoms with Gasteiger partial charge >= 0.3 is 0 Å². The minimum atomic E-state index is 0.565. The SMILES string of the molecule is c1ccc(-n2c3ccccc3c3cc4c(cc32)c2ccccc2n4-c2nc(-c3ccc4c(c3)sc3ccccc34)nc(-n3c4ccccc4c4ccccc43)n2)cc1. The van der Waals surface area contributed by atoms with Gasteiger partial charge in [-0.05, 0) is 60.7 Å². The van der Waals surface area contributed by atoms with Crippen molar-refractivity contribution in [1.82, 2.24) is 28.7 Å². The lowest BCUT2D eigenvalue weighted by molar-refractivity contribution is 0.893. The van der Waals surface area contributed by atoms with Crippen LogP contribution in [0, 0.1) is 0 Å². The zero-order chi connectivity index (χ0) is 37.9. The molecule has 0 aliphatic carbocycles. The van der Waals surface area contributed by atoms with Crippen molar-refractivity contribution in [2.45, 2.75) is 0 Å². The maximum Gasteiger partial charge on any atom is 0.240 e. The molecule has 0 aliphatic heterocycles. The van der Waals surface area contributed by atoms with E-state index in [1.165, 1.54) is 36.5 Å². The molecule has 0 atom stereocenters. The summed E-state index contributed by atoms with van der Waals surface area (Å²) in [5.74, 6) is 1.76. The molecule has 58 heavy (non-hydrogen) atoms. The molecule has 8 aromatic carbocycles. The average molecular weight is 759 g/mol. The van der Waals surface area contributed by atoms with Gasteiger partial charge in [-0.2, -0.15) is 15.0 Å². The van der Waals surface area contributed by atoms with Crippen LogP contribution in [0.2, 0.25) is 0 Å². The van der Waals surface area contributed by atoms with E-state index in [9.17, 15) is 0 Å². The summed E-state index contributed by atoms with van der Waals surface area (Å²) >= 11 is 1.80. The summed E-state index contributed by atoms with van der Waals surface area (Å²) in [7, 11) is 0. The standard InChI is InChI=1S/C51H30N6S/c1-2-14-32(15-3-1)55-41-21-9-6-18-35(41)39-30-46-40(29-45(39)55)36-19-7-12-24-44(36)57(46)51-53-49(31-26-27-38-37-20-8-13-25-47(37)58-48(38)28-31)52-50(54-51)56-42-22-10-4-16-33(42)34-17-5-11-23-43(34)56/h1-30H. The van der Waals surface area contributed by atoms with E-state index < -0.39 is 0 Å². The Kier molecular flexibility index (Phi) is 6.50. The summed E-state index contributed by atoms with van der Waals surface area (Å²) in [6.45, 7) is 0. The first-order valence-electron chi connectivity index (χ1n) is 19.5. The van der Waals surface area contributed by atoms with E-state index in [0.717, 1.165) is 60.4 Å². The number of hydrogen-bond acceptors (Lipinski definition) is 4. The molecule has 0 saturated carbocycles. The van der Waals surface area contributed by atoms with E-state index in [1.54, 1.807) is 11.3 Å². The molecule has 13 aromatic rings. The molecule has 0 unspecified atom stereocenters. The molecule has 0 amide bonds. The van der Waals surface area contributed by atoms with E-state index in [2.05, 4.69) is 196 Å². The van der Waals surface area contributed by atoms with E-state index in [1.807, 2.05) is 0 Å². The highest BCUT2D eigenvalue weighted by molar-refractivity contribution is 7.25. The molecule has 13 rings (SSSR count). The molecule has 270 valence electrons. The van der Waals surface area contributed by atoms with Crippen LogP contribution in [0.1, 0.15) is 0 Å². The zero-order valence-electron chi connectivity index (χ0n) is 30.9. The normalized spacial score (nSPS) is 12.1. The zero-order valence-corrected chi connectivity index (χ0v) is 31.7. The van der Waals surface area contributed by atoms with Crippen molar-refractivity contribution in [3.63, 3.8) is 0 Å². The maximum atomic E-state index is 5.44. The van der Waals surface area contributed by atoms with Crippen molar-refractivity contribution >= 4 is 96.9 Å². The molecule has 0 bridgehead atoms. The smallest absolute Gasteiger partial charge is 0.240 e. The van der Waals surface area contributed by atoms with Crippen LogP contribution >= 0.6 is 11.3 Å². The Bertz CT molecular complexity index is 3760. The minimum absolute atomic E-state index is 0.565. The molecule has 6 nitrogen and oxygen atoms in total. The van der Waals surface area contributed by atoms with Crippen molar-refractivity contribution in [3.8, 4) is 29.0 Å². The first-order valence-corrected chi connectivity index (χ1v) is 20.3. The van der Waals surface area contributed by atoms with Crippen LogP contribution in [0.3, 0.4) is 0 Å². The van der Waals surface area contributed by atoms with Gasteiger partial charge in [-0.15, -0.1) is 11.3 Å². The Morgan fingerprint density at radius 3 is 1.36 bits per heavy atom. The number of nitrogens with zero attached hydrogens (tertiary/aromatic N) is 6. The first-order chi connectivity index (χ1) is 28.8. The lowest BCUT2D eigenvalue weighted by atomic mass is 10.1. The summed E-state index contributed by atoms with van der Waals surface area (Å²) in [6, 6.07) is 64.8. The molecule has 5 aromatic heterocycles. The lowest BCUT2D eigenvalue weighted by Crippen LogP contribution is -2.10. The number of rotatable bonds is 4. The molecule has 0 N–H and O–H groups in total. The fourth-order valence-corrected chi connectivity index (χ4v) is 10.3. The molecular formula is C51H30N6S. The third-order valence-electron chi connectivity index (χ3n) is 11.7. The third-order valence-corrected chi connectivity index (χ3v) is 12.8. The average Bonchev–Trinajstić information content (AvgIpc) is 4.02. The molecular weight excluding hydrogens is 729 g/mol. The van der Waals surface area contributed by atoms with Gasteiger partial charge in [0.25, 0.3) is 0 Å². The third kappa shape index (κ3) is 4.44. The van der Waals surface area contributed by atoms with Crippen LogP contribution in [0.5, 0.6) is 0 Å². The number of benzene rings is 8. The first kappa shape index (κ1) is 31.6. The monoisotopic (exact) mass is 758 g/mol. The van der Waals surface area contributed by atoms with E-state index in [4.69, 9.17) is 15.0 Å². The van der Waals surface area contributed by atoms with Crippen LogP contribution in [0.4, 0.5) is 0 Å². The van der Waals surface area contributed by atoms with Gasteiger partial charge in [-0.1, -0.05) is 121 Å². The fourth-order valence-electron chi connectivity index (χ4n) is 9.19. The Labute approximate surface area is 335 Å². The van der Waals surface area contributed by atoms with Gasteiger partial charge in [-0.3, -0.25) is 9.13 Å². The Morgan fingerprint density at radius 1 is 0.310 bits per heavy atom. The molecule has 0 aliphatic rings. The Balaban J connectivity index is 1.14. The van der Waals surface area contributed by atoms with Gasteiger partial charge in [0.2, 0.25) is 11.9 Å². The molecule has 7 heteroatoms. The number of fused-ring (bicyclic) bond motifs is 12. The topological polar surface area (TPSA) is 53.5 Å². The van der Waals surface area contributed by atoms with E-state index >= 15 is 0 Å². The fraction of sp³-hybridized carbons (Fsp3) is 0. The highest BCUT2D eigenvalue weighted by Crippen LogP contribution is 2.41. The van der Waals surface area contributed by atoms with Crippen LogP contribution in [-0.4, -0.2) is 28.7 Å². The highest BCUT2D eigenvalue weighted by Gasteiger charge is 2.23. The lowest BCUT2D eigenvalue weighted by Gasteiger charge is -2.13. The van der Waals surface area contributed by atoms with Crippen LogP contribution in [-0.2, 0) is 0 Å². The predicted molar refractivity (Wildman–Crippen MR) is 241 cm³/mol. The van der Waals surface area contributed by atoms with Crippen LogP contribution in [0.15, 0.2) is 182 Å². The predicted octanol–water partition coefficient (Wildman–Crippen LogP) is 13.2. The second kappa shape index (κ2) is 11.9. The Hall–Kier alpha value is -7.61. The van der Waals surface area contributed by atoms with Gasteiger partial charge in [0, 0.05) is 63.7 Å². The highest BCUT2D eigenvalue weighted by atomic mass is 32.1. The van der Waals surface area contributed by atoms with Gasteiger partial charge < -0.3 is 4.57 Å². The van der Waals surface area contributed by atoms with Crippen molar-refractivity contribution in [2.75, 3.05) is 0 Å². The van der Waals surface area contributed by atoms with Crippen LogP contribution in [0.25, 0.3) is 115 Å². The minimum Gasteiger partial charge on any atom is -0.309 e. The Morgan fingerprint density at radius 2 is 0.759 bits per heavy atom. The summed E-state index contributed by atoms with van der Waals surface area (Å²) in [5, 5.41) is 9.45. The van der Waals surface area contributed by atoms with Gasteiger partial charge in [0.05, 0.1) is 33.1 Å². The van der Waals surface area contributed by atoms with Gasteiger partial charge in [0.15, 0.2) is 5.82 Å². The molecule has 5 heterocycles. The number of hydrogen-bond donors (Lipinski definition) is 0. The molecule has 0 fully saturated rings. The number of para-hydroxylation sites is 5. The quantitative estimate of drug-likeness (QED) is 0.180. The summed E-state index contributed by atoms with van der Waals surface area (Å²) in [6.07, 6.45) is 0. The van der Waals surface area contributed by atoms with Crippen molar-refractivity contribution < 1.29 is 0 Å². The number of aromatic nitrogens is 6.